The Morgan fingerprint density at radius 2 is 2.56 bits per heavy atom. The molecule has 0 unspecified atom stereocenters. The van der Waals surface area contributed by atoms with Crippen LogP contribution in [0.5, 0.6) is 0 Å². The molecule has 0 bridgehead atoms. The highest BCUT2D eigenvalue weighted by Gasteiger charge is 1.99. The highest BCUT2D eigenvalue weighted by Crippen LogP contribution is 2.12. The van der Waals surface area contributed by atoms with Crippen molar-refractivity contribution in [3.05, 3.63) is 16.4 Å². The minimum Gasteiger partial charge on any atom is -0.260 e. The van der Waals surface area contributed by atoms with Crippen molar-refractivity contribution < 1.29 is 0 Å². The minimum atomic E-state index is 0.789. The van der Waals surface area contributed by atoms with Crippen LogP contribution in [0.4, 0.5) is 0 Å². The van der Waals surface area contributed by atoms with Gasteiger partial charge in [0, 0.05) is 7.05 Å². The second-order valence-electron chi connectivity index (χ2n) is 1.62. The van der Waals surface area contributed by atoms with Crippen LogP contribution in [0.25, 0.3) is 0 Å². The first-order valence-corrected chi connectivity index (χ1v) is 3.19. The van der Waals surface area contributed by atoms with Gasteiger partial charge in [-0.25, -0.2) is 0 Å². The monoisotopic (exact) mass is 184 g/mol. The summed E-state index contributed by atoms with van der Waals surface area (Å²) >= 11 is 3.27. The summed E-state index contributed by atoms with van der Waals surface area (Å²) in [7, 11) is 1.82. The van der Waals surface area contributed by atoms with E-state index in [1.54, 1.807) is 10.9 Å². The first kappa shape index (κ1) is 6.37. The molecule has 2 nitrogen and oxygen atoms in total. The minimum absolute atomic E-state index is 0.789. The fraction of sp³-hybridized carbons (Fsp3) is 0.167. The van der Waals surface area contributed by atoms with Gasteiger partial charge in [-0.05, 0) is 15.9 Å². The lowest BCUT2D eigenvalue weighted by atomic mass is 10.4. The number of hydrogen-bond acceptors (Lipinski definition) is 1. The molecule has 0 spiro atoms. The molecule has 0 atom stereocenters. The summed E-state index contributed by atoms with van der Waals surface area (Å²) in [6.45, 7) is 0. The first-order valence-electron chi connectivity index (χ1n) is 2.40. The third-order valence-electron chi connectivity index (χ3n) is 1.02. The van der Waals surface area contributed by atoms with E-state index >= 15 is 0 Å². The van der Waals surface area contributed by atoms with E-state index in [9.17, 15) is 0 Å². The number of halogens is 1. The summed E-state index contributed by atoms with van der Waals surface area (Å²) in [5, 5.41) is 3.91. The predicted molar refractivity (Wildman–Crippen MR) is 38.8 cm³/mol. The van der Waals surface area contributed by atoms with Crippen molar-refractivity contribution in [3.8, 4) is 12.3 Å². The zero-order valence-corrected chi connectivity index (χ0v) is 6.51. The Morgan fingerprint density at radius 1 is 1.89 bits per heavy atom. The summed E-state index contributed by atoms with van der Waals surface area (Å²) < 4.78 is 2.53. The Kier molecular flexibility index (Phi) is 1.58. The van der Waals surface area contributed by atoms with Gasteiger partial charge in [-0.3, -0.25) is 4.68 Å². The van der Waals surface area contributed by atoms with E-state index in [0.717, 1.165) is 10.2 Å². The van der Waals surface area contributed by atoms with E-state index < -0.39 is 0 Å². The van der Waals surface area contributed by atoms with Crippen molar-refractivity contribution in [1.29, 1.82) is 0 Å². The Labute approximate surface area is 62.0 Å². The molecule has 9 heavy (non-hydrogen) atoms. The van der Waals surface area contributed by atoms with Crippen LogP contribution in [0.1, 0.15) is 5.56 Å². The molecule has 1 aromatic rings. The van der Waals surface area contributed by atoms with Crippen molar-refractivity contribution in [2.24, 2.45) is 7.05 Å². The van der Waals surface area contributed by atoms with Crippen LogP contribution in [0, 0.1) is 12.3 Å². The van der Waals surface area contributed by atoms with Crippen LogP contribution in [-0.2, 0) is 7.05 Å². The number of terminal acetylenes is 1. The number of nitrogens with zero attached hydrogens (tertiary/aromatic N) is 2. The molecule has 0 saturated carbocycles. The van der Waals surface area contributed by atoms with E-state index in [1.165, 1.54) is 0 Å². The van der Waals surface area contributed by atoms with E-state index in [4.69, 9.17) is 6.42 Å². The second-order valence-corrected chi connectivity index (χ2v) is 2.37. The van der Waals surface area contributed by atoms with Gasteiger partial charge >= 0.3 is 0 Å². The highest BCUT2D eigenvalue weighted by molar-refractivity contribution is 9.10. The van der Waals surface area contributed by atoms with E-state index in [-0.39, 0.29) is 0 Å². The molecule has 1 rings (SSSR count). The molecular formula is C6H5BrN2. The molecule has 1 heterocycles. The number of aryl methyl sites for hydroxylation is 1. The molecule has 0 aliphatic heterocycles. The molecule has 0 saturated heterocycles. The summed E-state index contributed by atoms with van der Waals surface area (Å²) in [5.41, 5.74) is 0.789. The highest BCUT2D eigenvalue weighted by atomic mass is 79.9. The molecule has 46 valence electrons. The third-order valence-corrected chi connectivity index (χ3v) is 1.96. The zero-order valence-electron chi connectivity index (χ0n) is 4.93. The second kappa shape index (κ2) is 2.24. The van der Waals surface area contributed by atoms with Gasteiger partial charge < -0.3 is 0 Å². The lowest BCUT2D eigenvalue weighted by molar-refractivity contribution is 0.749. The normalized spacial score (nSPS) is 9.00. The largest absolute Gasteiger partial charge is 0.260 e. The lowest BCUT2D eigenvalue weighted by Crippen LogP contribution is -1.88. The van der Waals surface area contributed by atoms with Gasteiger partial charge in [0.2, 0.25) is 0 Å². The Bertz CT molecular complexity index is 257. The standard InChI is InChI=1S/C6H5BrN2/c1-3-5-4-8-9(2)6(5)7/h1,4H,2H3. The van der Waals surface area contributed by atoms with Crippen LogP contribution in [0.3, 0.4) is 0 Å². The van der Waals surface area contributed by atoms with Gasteiger partial charge in [0.15, 0.2) is 0 Å². The topological polar surface area (TPSA) is 17.8 Å². The first-order chi connectivity index (χ1) is 4.25. The average molecular weight is 185 g/mol. The predicted octanol–water partition coefficient (Wildman–Crippen LogP) is 1.16. The fourth-order valence-electron chi connectivity index (χ4n) is 0.519. The van der Waals surface area contributed by atoms with Crippen LogP contribution in [0.15, 0.2) is 10.8 Å². The molecule has 0 aromatic carbocycles. The van der Waals surface area contributed by atoms with Gasteiger partial charge in [-0.2, -0.15) is 5.10 Å². The SMILES string of the molecule is C#Cc1cnn(C)c1Br. The van der Waals surface area contributed by atoms with Crippen molar-refractivity contribution in [2.75, 3.05) is 0 Å². The molecular weight excluding hydrogens is 180 g/mol. The van der Waals surface area contributed by atoms with Crippen molar-refractivity contribution >= 4 is 15.9 Å². The molecule has 0 amide bonds. The molecule has 0 radical (unpaired) electrons. The quantitative estimate of drug-likeness (QED) is 0.554. The zero-order chi connectivity index (χ0) is 6.85. The van der Waals surface area contributed by atoms with Crippen LogP contribution >= 0.6 is 15.9 Å². The van der Waals surface area contributed by atoms with Gasteiger partial charge in [-0.15, -0.1) is 6.42 Å². The third kappa shape index (κ3) is 0.984. The molecule has 0 fully saturated rings. The average Bonchev–Trinajstić information content (AvgIpc) is 2.15. The maximum Gasteiger partial charge on any atom is 0.119 e. The Morgan fingerprint density at radius 3 is 2.78 bits per heavy atom. The smallest absolute Gasteiger partial charge is 0.119 e. The van der Waals surface area contributed by atoms with Crippen molar-refractivity contribution in [1.82, 2.24) is 9.78 Å². The maximum absolute atomic E-state index is 5.13. The fourth-order valence-corrected chi connectivity index (χ4v) is 0.828. The van der Waals surface area contributed by atoms with E-state index in [2.05, 4.69) is 26.9 Å². The van der Waals surface area contributed by atoms with Crippen LogP contribution in [-0.4, -0.2) is 9.78 Å². The van der Waals surface area contributed by atoms with Gasteiger partial charge in [0.25, 0.3) is 0 Å². The molecule has 3 heteroatoms. The maximum atomic E-state index is 5.13. The van der Waals surface area contributed by atoms with Crippen molar-refractivity contribution in [2.45, 2.75) is 0 Å². The van der Waals surface area contributed by atoms with Gasteiger partial charge in [0.1, 0.15) is 4.60 Å². The van der Waals surface area contributed by atoms with E-state index in [1.807, 2.05) is 7.05 Å². The van der Waals surface area contributed by atoms with Gasteiger partial charge in [0.05, 0.1) is 11.8 Å². The molecule has 1 aromatic heterocycles. The Balaban J connectivity index is 3.24. The van der Waals surface area contributed by atoms with Crippen molar-refractivity contribution in [3.63, 3.8) is 0 Å². The van der Waals surface area contributed by atoms with Crippen LogP contribution in [0.2, 0.25) is 0 Å². The summed E-state index contributed by atoms with van der Waals surface area (Å²) in [6, 6.07) is 0. The van der Waals surface area contributed by atoms with Crippen LogP contribution < -0.4 is 0 Å². The molecule has 0 N–H and O–H groups in total. The number of aromatic nitrogens is 2. The number of rotatable bonds is 0. The lowest BCUT2D eigenvalue weighted by Gasteiger charge is -1.88. The number of hydrogen-bond donors (Lipinski definition) is 0. The molecule has 0 aliphatic rings. The molecule has 0 aliphatic carbocycles. The van der Waals surface area contributed by atoms with E-state index in [0.29, 0.717) is 0 Å². The summed E-state index contributed by atoms with van der Waals surface area (Å²) in [4.78, 5) is 0. The summed E-state index contributed by atoms with van der Waals surface area (Å²) in [6.07, 6.45) is 6.77. The van der Waals surface area contributed by atoms with Gasteiger partial charge in [-0.1, -0.05) is 5.92 Å². The Hall–Kier alpha value is -0.750. The summed E-state index contributed by atoms with van der Waals surface area (Å²) in [5.74, 6) is 2.49.